The van der Waals surface area contributed by atoms with Crippen LogP contribution in [-0.2, 0) is 14.3 Å². The van der Waals surface area contributed by atoms with Gasteiger partial charge in [-0.2, -0.15) is 0 Å². The summed E-state index contributed by atoms with van der Waals surface area (Å²) in [5.74, 6) is -1.13. The number of hydrogen-bond donors (Lipinski definition) is 1. The SMILES string of the molecule is CCOC(=O)C1CCCN2NC(C)C=C2C1=O. The molecule has 1 saturated heterocycles. The number of nitrogens with one attached hydrogen (secondary N) is 1. The molecule has 94 valence electrons. The van der Waals surface area contributed by atoms with Crippen LogP contribution in [0.1, 0.15) is 26.7 Å². The molecule has 2 unspecified atom stereocenters. The minimum absolute atomic E-state index is 0.113. The van der Waals surface area contributed by atoms with Gasteiger partial charge in [0.2, 0.25) is 0 Å². The number of hydrogen-bond acceptors (Lipinski definition) is 5. The highest BCUT2D eigenvalue weighted by atomic mass is 16.5. The zero-order valence-electron chi connectivity index (χ0n) is 10.2. The van der Waals surface area contributed by atoms with E-state index in [0.29, 0.717) is 18.7 Å². The number of hydrazine groups is 1. The van der Waals surface area contributed by atoms with E-state index in [1.165, 1.54) is 0 Å². The molecule has 0 aliphatic carbocycles. The van der Waals surface area contributed by atoms with Gasteiger partial charge in [-0.05, 0) is 32.8 Å². The lowest BCUT2D eigenvalue weighted by Gasteiger charge is -2.20. The quantitative estimate of drug-likeness (QED) is 0.564. The van der Waals surface area contributed by atoms with Gasteiger partial charge in [-0.1, -0.05) is 0 Å². The lowest BCUT2D eigenvalue weighted by molar-refractivity contribution is -0.151. The molecule has 0 aromatic heterocycles. The topological polar surface area (TPSA) is 58.6 Å². The van der Waals surface area contributed by atoms with Crippen LogP contribution in [-0.4, -0.2) is 36.0 Å². The van der Waals surface area contributed by atoms with Crippen molar-refractivity contribution in [3.8, 4) is 0 Å². The Bertz CT molecular complexity index is 365. The summed E-state index contributed by atoms with van der Waals surface area (Å²) in [6.07, 6.45) is 3.26. The Labute approximate surface area is 101 Å². The molecule has 5 heteroatoms. The van der Waals surface area contributed by atoms with Gasteiger partial charge >= 0.3 is 5.97 Å². The molecule has 2 aliphatic heterocycles. The number of ether oxygens (including phenoxy) is 1. The van der Waals surface area contributed by atoms with Crippen LogP contribution >= 0.6 is 0 Å². The van der Waals surface area contributed by atoms with Gasteiger partial charge in [0.15, 0.2) is 5.78 Å². The number of carbonyl (C=O) groups excluding carboxylic acids is 2. The maximum absolute atomic E-state index is 12.2. The van der Waals surface area contributed by atoms with Gasteiger partial charge in [-0.15, -0.1) is 0 Å². The summed E-state index contributed by atoms with van der Waals surface area (Å²) in [6.45, 7) is 4.82. The van der Waals surface area contributed by atoms with Crippen LogP contribution in [0.2, 0.25) is 0 Å². The summed E-state index contributed by atoms with van der Waals surface area (Å²) < 4.78 is 4.96. The van der Waals surface area contributed by atoms with Crippen molar-refractivity contribution in [2.45, 2.75) is 32.7 Å². The number of rotatable bonds is 2. The summed E-state index contributed by atoms with van der Waals surface area (Å²) in [5.41, 5.74) is 3.80. The van der Waals surface area contributed by atoms with E-state index < -0.39 is 5.92 Å². The first-order valence-electron chi connectivity index (χ1n) is 6.10. The van der Waals surface area contributed by atoms with E-state index in [0.717, 1.165) is 13.0 Å². The first-order chi connectivity index (χ1) is 8.13. The number of ketones is 1. The number of fused-ring (bicyclic) bond motifs is 1. The first kappa shape index (κ1) is 12.1. The summed E-state index contributed by atoms with van der Waals surface area (Å²) in [6, 6.07) is 0.148. The fraction of sp³-hybridized carbons (Fsp3) is 0.667. The molecule has 2 heterocycles. The lowest BCUT2D eigenvalue weighted by Crippen LogP contribution is -2.38. The first-order valence-corrected chi connectivity index (χ1v) is 6.10. The number of allylic oxidation sites excluding steroid dienone is 1. The molecule has 0 aromatic rings. The Morgan fingerprint density at radius 1 is 1.65 bits per heavy atom. The number of carbonyl (C=O) groups is 2. The second kappa shape index (κ2) is 4.87. The average molecular weight is 238 g/mol. The van der Waals surface area contributed by atoms with E-state index in [9.17, 15) is 9.59 Å². The van der Waals surface area contributed by atoms with Crippen molar-refractivity contribution in [1.82, 2.24) is 10.4 Å². The predicted molar refractivity (Wildman–Crippen MR) is 61.8 cm³/mol. The van der Waals surface area contributed by atoms with Gasteiger partial charge in [0.1, 0.15) is 5.92 Å². The smallest absolute Gasteiger partial charge is 0.316 e. The van der Waals surface area contributed by atoms with Crippen LogP contribution in [0.25, 0.3) is 0 Å². The zero-order chi connectivity index (χ0) is 12.4. The standard InChI is InChI=1S/C12H18N2O3/c1-3-17-12(16)9-5-4-6-14-10(11(9)15)7-8(2)13-14/h7-9,13H,3-6H2,1-2H3. The van der Waals surface area contributed by atoms with Crippen molar-refractivity contribution < 1.29 is 14.3 Å². The molecule has 0 saturated carbocycles. The molecule has 5 nitrogen and oxygen atoms in total. The molecule has 2 aliphatic rings. The molecule has 2 atom stereocenters. The van der Waals surface area contributed by atoms with E-state index in [1.54, 1.807) is 6.92 Å². The second-order valence-corrected chi connectivity index (χ2v) is 4.43. The van der Waals surface area contributed by atoms with Gasteiger partial charge in [0, 0.05) is 12.6 Å². The second-order valence-electron chi connectivity index (χ2n) is 4.43. The molecule has 1 fully saturated rings. The van der Waals surface area contributed by atoms with Crippen LogP contribution in [0.3, 0.4) is 0 Å². The maximum atomic E-state index is 12.2. The van der Waals surface area contributed by atoms with Crippen LogP contribution in [0.4, 0.5) is 0 Å². The predicted octanol–water partition coefficient (Wildman–Crippen LogP) is 0.621. The highest BCUT2D eigenvalue weighted by Gasteiger charge is 2.37. The molecule has 2 rings (SSSR count). The molecule has 0 aromatic carbocycles. The van der Waals surface area contributed by atoms with Crippen molar-refractivity contribution in [3.63, 3.8) is 0 Å². The van der Waals surface area contributed by atoms with Crippen LogP contribution in [0.5, 0.6) is 0 Å². The van der Waals surface area contributed by atoms with Gasteiger partial charge in [0.25, 0.3) is 0 Å². The summed E-state index contributed by atoms with van der Waals surface area (Å²) >= 11 is 0. The Morgan fingerprint density at radius 2 is 2.41 bits per heavy atom. The molecule has 0 radical (unpaired) electrons. The average Bonchev–Trinajstić information content (AvgIpc) is 2.58. The monoisotopic (exact) mass is 238 g/mol. The fourth-order valence-electron chi connectivity index (χ4n) is 2.31. The highest BCUT2D eigenvalue weighted by molar-refractivity contribution is 6.08. The Morgan fingerprint density at radius 3 is 3.12 bits per heavy atom. The maximum Gasteiger partial charge on any atom is 0.316 e. The largest absolute Gasteiger partial charge is 0.465 e. The van der Waals surface area contributed by atoms with Gasteiger partial charge in [-0.3, -0.25) is 9.59 Å². The molecular formula is C12H18N2O3. The van der Waals surface area contributed by atoms with E-state index in [1.807, 2.05) is 18.0 Å². The van der Waals surface area contributed by atoms with Crippen molar-refractivity contribution in [1.29, 1.82) is 0 Å². The van der Waals surface area contributed by atoms with Gasteiger partial charge in [-0.25, -0.2) is 5.43 Å². The van der Waals surface area contributed by atoms with Crippen molar-refractivity contribution in [2.24, 2.45) is 5.92 Å². The summed E-state index contributed by atoms with van der Waals surface area (Å²) in [4.78, 5) is 24.0. The van der Waals surface area contributed by atoms with Crippen molar-refractivity contribution in [3.05, 3.63) is 11.8 Å². The number of Topliss-reactive ketones (excluding diaryl/α,β-unsaturated/α-hetero) is 1. The normalized spacial score (nSPS) is 28.5. The molecule has 0 amide bonds. The summed E-state index contributed by atoms with van der Waals surface area (Å²) in [5, 5.41) is 1.85. The van der Waals surface area contributed by atoms with E-state index in [2.05, 4.69) is 5.43 Å². The number of nitrogens with zero attached hydrogens (tertiary/aromatic N) is 1. The Balaban J connectivity index is 2.17. The number of esters is 1. The fourth-order valence-corrected chi connectivity index (χ4v) is 2.31. The van der Waals surface area contributed by atoms with E-state index in [4.69, 9.17) is 4.74 Å². The summed E-state index contributed by atoms with van der Waals surface area (Å²) in [7, 11) is 0. The highest BCUT2D eigenvalue weighted by Crippen LogP contribution is 2.25. The molecular weight excluding hydrogens is 220 g/mol. The van der Waals surface area contributed by atoms with Crippen LogP contribution < -0.4 is 5.43 Å². The third-order valence-electron chi connectivity index (χ3n) is 3.07. The zero-order valence-corrected chi connectivity index (χ0v) is 10.2. The molecule has 17 heavy (non-hydrogen) atoms. The Hall–Kier alpha value is -1.36. The van der Waals surface area contributed by atoms with E-state index >= 15 is 0 Å². The molecule has 1 N–H and O–H groups in total. The minimum Gasteiger partial charge on any atom is -0.465 e. The third-order valence-corrected chi connectivity index (χ3v) is 3.07. The van der Waals surface area contributed by atoms with Crippen molar-refractivity contribution >= 4 is 11.8 Å². The lowest BCUT2D eigenvalue weighted by atomic mass is 9.97. The van der Waals surface area contributed by atoms with Gasteiger partial charge < -0.3 is 9.75 Å². The van der Waals surface area contributed by atoms with Crippen LogP contribution in [0.15, 0.2) is 11.8 Å². The molecule has 0 spiro atoms. The minimum atomic E-state index is -0.627. The third kappa shape index (κ3) is 2.34. The van der Waals surface area contributed by atoms with Gasteiger partial charge in [0.05, 0.1) is 12.3 Å². The van der Waals surface area contributed by atoms with E-state index in [-0.39, 0.29) is 17.8 Å². The van der Waals surface area contributed by atoms with Crippen LogP contribution in [0, 0.1) is 5.92 Å². The van der Waals surface area contributed by atoms with Crippen molar-refractivity contribution in [2.75, 3.05) is 13.2 Å². The molecule has 0 bridgehead atoms. The Kier molecular flexibility index (Phi) is 3.47.